The van der Waals surface area contributed by atoms with Gasteiger partial charge in [0.2, 0.25) is 0 Å². The van der Waals surface area contributed by atoms with Crippen LogP contribution in [-0.4, -0.2) is 18.2 Å². The molecule has 0 atom stereocenters. The predicted octanol–water partition coefficient (Wildman–Crippen LogP) is 5.49. The summed E-state index contributed by atoms with van der Waals surface area (Å²) in [6.45, 7) is 10.2. The molecule has 0 radical (unpaired) electrons. The Hall–Kier alpha value is -2.31. The Kier molecular flexibility index (Phi) is 5.79. The fraction of sp³-hybridized carbons (Fsp3) is 0.318. The fourth-order valence-corrected chi connectivity index (χ4v) is 4.30. The van der Waals surface area contributed by atoms with Crippen molar-refractivity contribution in [1.29, 1.82) is 0 Å². The molecule has 29 heavy (non-hydrogen) atoms. The van der Waals surface area contributed by atoms with Gasteiger partial charge in [-0.05, 0) is 60.7 Å². The molecule has 2 aromatic carbocycles. The quantitative estimate of drug-likeness (QED) is 0.580. The third-order valence-corrected chi connectivity index (χ3v) is 6.38. The molecule has 0 amide bonds. The molecule has 0 saturated heterocycles. The van der Waals surface area contributed by atoms with E-state index >= 15 is 0 Å². The van der Waals surface area contributed by atoms with Crippen LogP contribution >= 0.6 is 11.6 Å². The van der Waals surface area contributed by atoms with E-state index in [1.165, 1.54) is 0 Å². The molecule has 0 bridgehead atoms. The van der Waals surface area contributed by atoms with E-state index in [4.69, 9.17) is 11.6 Å². The number of hydrogen-bond acceptors (Lipinski definition) is 3. The maximum Gasteiger partial charge on any atom is 0.261 e. The van der Waals surface area contributed by atoms with Crippen molar-refractivity contribution in [3.8, 4) is 5.69 Å². The van der Waals surface area contributed by atoms with Crippen molar-refractivity contribution < 1.29 is 8.42 Å². The zero-order chi connectivity index (χ0) is 21.4. The Labute approximate surface area is 177 Å². The number of aryl methyl sites for hydroxylation is 2. The van der Waals surface area contributed by atoms with Gasteiger partial charge < -0.3 is 0 Å². The van der Waals surface area contributed by atoms with E-state index < -0.39 is 10.0 Å². The van der Waals surface area contributed by atoms with Crippen LogP contribution in [-0.2, 0) is 21.9 Å². The number of halogens is 1. The van der Waals surface area contributed by atoms with Gasteiger partial charge in [0.25, 0.3) is 10.0 Å². The van der Waals surface area contributed by atoms with Crippen LogP contribution < -0.4 is 4.72 Å². The third kappa shape index (κ3) is 4.65. The summed E-state index contributed by atoms with van der Waals surface area (Å²) in [5, 5.41) is 5.07. The van der Waals surface area contributed by atoms with Gasteiger partial charge in [0.05, 0.1) is 22.0 Å². The molecule has 0 aliphatic rings. The lowest BCUT2D eigenvalue weighted by molar-refractivity contribution is 0.587. The summed E-state index contributed by atoms with van der Waals surface area (Å²) in [5.74, 6) is 0. The molecule has 3 aromatic rings. The number of anilines is 1. The molecule has 1 heterocycles. The van der Waals surface area contributed by atoms with Crippen LogP contribution in [0.15, 0.2) is 53.4 Å². The van der Waals surface area contributed by atoms with Crippen molar-refractivity contribution in [3.63, 3.8) is 0 Å². The number of nitrogens with one attached hydrogen (secondary N) is 1. The first-order valence-corrected chi connectivity index (χ1v) is 11.4. The van der Waals surface area contributed by atoms with E-state index in [1.54, 1.807) is 35.0 Å². The maximum atomic E-state index is 13.0. The van der Waals surface area contributed by atoms with Gasteiger partial charge in [0.15, 0.2) is 0 Å². The van der Waals surface area contributed by atoms with E-state index in [1.807, 2.05) is 32.0 Å². The minimum Gasteiger partial charge on any atom is -0.277 e. The minimum atomic E-state index is -3.76. The van der Waals surface area contributed by atoms with Gasteiger partial charge in [-0.3, -0.25) is 4.72 Å². The highest BCUT2D eigenvalue weighted by Gasteiger charge is 2.20. The first-order valence-electron chi connectivity index (χ1n) is 9.50. The molecule has 0 spiro atoms. The van der Waals surface area contributed by atoms with Crippen molar-refractivity contribution >= 4 is 27.3 Å². The molecule has 0 aliphatic heterocycles. The van der Waals surface area contributed by atoms with Gasteiger partial charge in [-0.15, -0.1) is 0 Å². The van der Waals surface area contributed by atoms with E-state index in [0.29, 0.717) is 16.4 Å². The first kappa shape index (κ1) is 21.4. The Morgan fingerprint density at radius 2 is 1.72 bits per heavy atom. The highest BCUT2D eigenvalue weighted by molar-refractivity contribution is 7.92. The summed E-state index contributed by atoms with van der Waals surface area (Å²) in [6.07, 6.45) is 0.787. The van der Waals surface area contributed by atoms with E-state index in [2.05, 4.69) is 30.6 Å². The SMILES string of the molecule is CCc1cc(C)n(-c2cc(Cl)ccc2NS(=O)(=O)c2ccc(C(C)(C)C)cc2)n1. The van der Waals surface area contributed by atoms with Gasteiger partial charge in [0.1, 0.15) is 0 Å². The van der Waals surface area contributed by atoms with Gasteiger partial charge in [-0.25, -0.2) is 13.1 Å². The molecule has 0 aliphatic carbocycles. The second-order valence-corrected chi connectivity index (χ2v) is 10.2. The number of sulfonamides is 1. The van der Waals surface area contributed by atoms with Gasteiger partial charge in [-0.2, -0.15) is 5.10 Å². The average molecular weight is 432 g/mol. The monoisotopic (exact) mass is 431 g/mol. The second kappa shape index (κ2) is 7.84. The lowest BCUT2D eigenvalue weighted by Crippen LogP contribution is -2.16. The average Bonchev–Trinajstić information content (AvgIpc) is 3.03. The number of nitrogens with zero attached hydrogens (tertiary/aromatic N) is 2. The smallest absolute Gasteiger partial charge is 0.261 e. The topological polar surface area (TPSA) is 64.0 Å². The number of aromatic nitrogens is 2. The van der Waals surface area contributed by atoms with Crippen LogP contribution in [0.4, 0.5) is 5.69 Å². The largest absolute Gasteiger partial charge is 0.277 e. The fourth-order valence-electron chi connectivity index (χ4n) is 3.06. The first-order chi connectivity index (χ1) is 13.5. The van der Waals surface area contributed by atoms with E-state index in [0.717, 1.165) is 23.4 Å². The molecule has 0 saturated carbocycles. The molecule has 1 aromatic heterocycles. The lowest BCUT2D eigenvalue weighted by Gasteiger charge is -2.19. The van der Waals surface area contributed by atoms with Crippen LogP contribution in [0.1, 0.15) is 44.6 Å². The van der Waals surface area contributed by atoms with E-state index in [9.17, 15) is 8.42 Å². The molecular formula is C22H26ClN3O2S. The number of benzene rings is 2. The summed E-state index contributed by atoms with van der Waals surface area (Å²) in [7, 11) is -3.76. The molecule has 3 rings (SSSR count). The molecule has 7 heteroatoms. The van der Waals surface area contributed by atoms with Crippen LogP contribution in [0, 0.1) is 6.92 Å². The van der Waals surface area contributed by atoms with E-state index in [-0.39, 0.29) is 10.3 Å². The van der Waals surface area contributed by atoms with Crippen LogP contribution in [0.5, 0.6) is 0 Å². The van der Waals surface area contributed by atoms with Gasteiger partial charge >= 0.3 is 0 Å². The second-order valence-electron chi connectivity index (χ2n) is 8.08. The summed E-state index contributed by atoms with van der Waals surface area (Å²) in [4.78, 5) is 0.206. The minimum absolute atomic E-state index is 0.0479. The third-order valence-electron chi connectivity index (χ3n) is 4.76. The van der Waals surface area contributed by atoms with Crippen LogP contribution in [0.2, 0.25) is 5.02 Å². The summed E-state index contributed by atoms with van der Waals surface area (Å²) >= 11 is 6.19. The summed E-state index contributed by atoms with van der Waals surface area (Å²) in [5.41, 5.74) is 3.86. The molecule has 0 unspecified atom stereocenters. The Bertz CT molecular complexity index is 1130. The zero-order valence-corrected chi connectivity index (χ0v) is 18.9. The van der Waals surface area contributed by atoms with Gasteiger partial charge in [-0.1, -0.05) is 51.4 Å². The van der Waals surface area contributed by atoms with Crippen molar-refractivity contribution in [3.05, 3.63) is 70.5 Å². The normalized spacial score (nSPS) is 12.2. The van der Waals surface area contributed by atoms with Crippen molar-refractivity contribution in [1.82, 2.24) is 9.78 Å². The molecule has 0 fully saturated rings. The summed E-state index contributed by atoms with van der Waals surface area (Å²) in [6, 6.07) is 14.0. The van der Waals surface area contributed by atoms with Crippen molar-refractivity contribution in [2.75, 3.05) is 4.72 Å². The predicted molar refractivity (Wildman–Crippen MR) is 119 cm³/mol. The number of hydrogen-bond donors (Lipinski definition) is 1. The van der Waals surface area contributed by atoms with Crippen LogP contribution in [0.3, 0.4) is 0 Å². The van der Waals surface area contributed by atoms with Crippen molar-refractivity contribution in [2.24, 2.45) is 0 Å². The standard InChI is InChI=1S/C22H26ClN3O2S/c1-6-18-13-15(2)26(24-18)21-14-17(23)9-12-20(21)25-29(27,28)19-10-7-16(8-11-19)22(3,4)5/h7-14,25H,6H2,1-5H3. The molecule has 5 nitrogen and oxygen atoms in total. The molecule has 154 valence electrons. The number of rotatable bonds is 5. The Morgan fingerprint density at radius 3 is 2.28 bits per heavy atom. The van der Waals surface area contributed by atoms with Gasteiger partial charge in [0, 0.05) is 10.7 Å². The zero-order valence-electron chi connectivity index (χ0n) is 17.3. The molecular weight excluding hydrogens is 406 g/mol. The highest BCUT2D eigenvalue weighted by atomic mass is 35.5. The highest BCUT2D eigenvalue weighted by Crippen LogP contribution is 2.29. The summed E-state index contributed by atoms with van der Waals surface area (Å²) < 4.78 is 30.4. The Balaban J connectivity index is 2.00. The maximum absolute atomic E-state index is 13.0. The lowest BCUT2D eigenvalue weighted by atomic mass is 9.87. The van der Waals surface area contributed by atoms with Crippen LogP contribution in [0.25, 0.3) is 5.69 Å². The molecule has 1 N–H and O–H groups in total. The Morgan fingerprint density at radius 1 is 1.07 bits per heavy atom. The van der Waals surface area contributed by atoms with Crippen molar-refractivity contribution in [2.45, 2.75) is 51.3 Å².